The third-order valence-corrected chi connectivity index (χ3v) is 6.30. The van der Waals surface area contributed by atoms with Crippen LogP contribution in [0.4, 0.5) is 0 Å². The van der Waals surface area contributed by atoms with Gasteiger partial charge in [-0.15, -0.1) is 0 Å². The summed E-state index contributed by atoms with van der Waals surface area (Å²) in [7, 11) is 0. The number of hydrogen-bond donors (Lipinski definition) is 1. The van der Waals surface area contributed by atoms with E-state index in [1.54, 1.807) is 18.6 Å². The topological polar surface area (TPSA) is 101 Å². The highest BCUT2D eigenvalue weighted by Gasteiger charge is 2.43. The first-order valence-corrected chi connectivity index (χ1v) is 10.6. The Morgan fingerprint density at radius 2 is 2.03 bits per heavy atom. The highest BCUT2D eigenvalue weighted by Crippen LogP contribution is 2.40. The molecule has 2 aromatic rings. The predicted molar refractivity (Wildman–Crippen MR) is 109 cm³/mol. The van der Waals surface area contributed by atoms with Gasteiger partial charge >= 0.3 is 0 Å². The molecule has 8 nitrogen and oxygen atoms in total. The zero-order valence-electron chi connectivity index (χ0n) is 17.3. The monoisotopic (exact) mass is 406 g/mol. The number of fused-ring (bicyclic) bond motifs is 1. The van der Waals surface area contributed by atoms with Gasteiger partial charge in [-0.05, 0) is 31.1 Å². The highest BCUT2D eigenvalue weighted by molar-refractivity contribution is 5.89. The van der Waals surface area contributed by atoms with E-state index in [9.17, 15) is 9.59 Å². The molecule has 2 aliphatic carbocycles. The zero-order valence-corrected chi connectivity index (χ0v) is 17.3. The van der Waals surface area contributed by atoms with Crippen molar-refractivity contribution in [3.05, 3.63) is 36.0 Å². The van der Waals surface area contributed by atoms with Crippen LogP contribution in [0.1, 0.15) is 56.8 Å². The smallest absolute Gasteiger partial charge is 0.225 e. The van der Waals surface area contributed by atoms with Gasteiger partial charge < -0.3 is 10.2 Å². The molecule has 1 aliphatic heterocycles. The van der Waals surface area contributed by atoms with Crippen molar-refractivity contribution in [2.45, 2.75) is 58.0 Å². The fourth-order valence-electron chi connectivity index (χ4n) is 4.65. The molecular formula is C22H26N6O2. The van der Waals surface area contributed by atoms with E-state index in [1.807, 2.05) is 11.1 Å². The van der Waals surface area contributed by atoms with E-state index >= 15 is 0 Å². The van der Waals surface area contributed by atoms with Crippen LogP contribution in [0.15, 0.2) is 24.8 Å². The summed E-state index contributed by atoms with van der Waals surface area (Å²) in [4.78, 5) is 44.8. The lowest BCUT2D eigenvalue weighted by atomic mass is 9.74. The lowest BCUT2D eigenvalue weighted by molar-refractivity contribution is -0.129. The first kappa shape index (κ1) is 19.1. The maximum absolute atomic E-state index is 13.0. The van der Waals surface area contributed by atoms with Crippen molar-refractivity contribution in [3.8, 4) is 11.5 Å². The molecule has 1 N–H and O–H groups in total. The second-order valence-electron chi connectivity index (χ2n) is 9.47. The van der Waals surface area contributed by atoms with E-state index in [-0.39, 0.29) is 29.2 Å². The normalized spacial score (nSPS) is 25.1. The summed E-state index contributed by atoms with van der Waals surface area (Å²) in [6, 6.07) is 0.204. The van der Waals surface area contributed by atoms with Gasteiger partial charge in [-0.1, -0.05) is 13.8 Å². The quantitative estimate of drug-likeness (QED) is 0.834. The molecule has 2 amide bonds. The Labute approximate surface area is 175 Å². The average Bonchev–Trinajstić information content (AvgIpc) is 3.48. The van der Waals surface area contributed by atoms with Crippen LogP contribution < -0.4 is 5.32 Å². The van der Waals surface area contributed by atoms with Crippen molar-refractivity contribution in [2.24, 2.45) is 11.3 Å². The standard InChI is InChI=1S/C22H26N6O2/c1-22(2)8-16-15(10-25-20(26-16)18-11-23-5-6-24-18)17(9-22)27-21(30)13-7-19(29)28(12-13)14-3-4-14/h5-6,10-11,13-14,17H,3-4,7-9,12H2,1-2H3,(H,27,30). The van der Waals surface area contributed by atoms with Gasteiger partial charge in [0.1, 0.15) is 5.69 Å². The molecule has 30 heavy (non-hydrogen) atoms. The van der Waals surface area contributed by atoms with E-state index in [0.717, 1.165) is 36.9 Å². The van der Waals surface area contributed by atoms with Crippen LogP contribution in [-0.2, 0) is 16.0 Å². The summed E-state index contributed by atoms with van der Waals surface area (Å²) in [5, 5.41) is 3.21. The van der Waals surface area contributed by atoms with Gasteiger partial charge in [0.15, 0.2) is 5.82 Å². The van der Waals surface area contributed by atoms with Crippen LogP contribution in [0.2, 0.25) is 0 Å². The lowest BCUT2D eigenvalue weighted by Crippen LogP contribution is -2.40. The summed E-state index contributed by atoms with van der Waals surface area (Å²) in [6.45, 7) is 4.92. The van der Waals surface area contributed by atoms with Gasteiger partial charge in [0, 0.05) is 43.2 Å². The van der Waals surface area contributed by atoms with Gasteiger partial charge in [-0.25, -0.2) is 15.0 Å². The molecule has 0 radical (unpaired) electrons. The minimum absolute atomic E-state index is 0.00944. The maximum atomic E-state index is 13.0. The van der Waals surface area contributed by atoms with Crippen molar-refractivity contribution >= 4 is 11.8 Å². The van der Waals surface area contributed by atoms with E-state index in [4.69, 9.17) is 4.98 Å². The van der Waals surface area contributed by atoms with Crippen LogP contribution >= 0.6 is 0 Å². The molecule has 2 fully saturated rings. The Kier molecular flexibility index (Phi) is 4.52. The van der Waals surface area contributed by atoms with Crippen LogP contribution in [-0.4, -0.2) is 49.2 Å². The van der Waals surface area contributed by atoms with E-state index in [1.165, 1.54) is 0 Å². The lowest BCUT2D eigenvalue weighted by Gasteiger charge is -2.36. The number of rotatable bonds is 4. The van der Waals surface area contributed by atoms with Crippen LogP contribution in [0.5, 0.6) is 0 Å². The number of carbonyl (C=O) groups is 2. The molecule has 3 aliphatic rings. The van der Waals surface area contributed by atoms with E-state index in [0.29, 0.717) is 30.5 Å². The van der Waals surface area contributed by atoms with Crippen molar-refractivity contribution in [1.82, 2.24) is 30.2 Å². The van der Waals surface area contributed by atoms with Crippen molar-refractivity contribution in [2.75, 3.05) is 6.54 Å². The molecule has 8 heteroatoms. The molecule has 0 aromatic carbocycles. The third-order valence-electron chi connectivity index (χ3n) is 6.30. The third kappa shape index (κ3) is 3.66. The molecule has 2 atom stereocenters. The van der Waals surface area contributed by atoms with Gasteiger partial charge in [0.2, 0.25) is 11.8 Å². The van der Waals surface area contributed by atoms with Crippen molar-refractivity contribution in [1.29, 1.82) is 0 Å². The second-order valence-corrected chi connectivity index (χ2v) is 9.47. The Morgan fingerprint density at radius 3 is 2.77 bits per heavy atom. The number of hydrogen-bond acceptors (Lipinski definition) is 6. The Bertz CT molecular complexity index is 988. The molecule has 2 aromatic heterocycles. The van der Waals surface area contributed by atoms with Gasteiger partial charge in [-0.2, -0.15) is 0 Å². The molecule has 0 spiro atoms. The highest BCUT2D eigenvalue weighted by atomic mass is 16.2. The fourth-order valence-corrected chi connectivity index (χ4v) is 4.65. The van der Waals surface area contributed by atoms with Crippen LogP contribution in [0.25, 0.3) is 11.5 Å². The molecule has 2 unspecified atom stereocenters. The number of likely N-dealkylation sites (tertiary alicyclic amines) is 1. The molecule has 3 heterocycles. The minimum atomic E-state index is -0.272. The minimum Gasteiger partial charge on any atom is -0.349 e. The maximum Gasteiger partial charge on any atom is 0.225 e. The Hall–Kier alpha value is -2.90. The zero-order chi connectivity index (χ0) is 20.9. The fraction of sp³-hybridized carbons (Fsp3) is 0.545. The van der Waals surface area contributed by atoms with E-state index in [2.05, 4.69) is 34.1 Å². The second kappa shape index (κ2) is 7.11. The van der Waals surface area contributed by atoms with Crippen molar-refractivity contribution in [3.63, 3.8) is 0 Å². The Morgan fingerprint density at radius 1 is 1.20 bits per heavy atom. The number of amides is 2. The molecule has 5 rings (SSSR count). The van der Waals surface area contributed by atoms with Crippen LogP contribution in [0, 0.1) is 11.3 Å². The summed E-state index contributed by atoms with van der Waals surface area (Å²) < 4.78 is 0. The van der Waals surface area contributed by atoms with Gasteiger partial charge in [-0.3, -0.25) is 14.6 Å². The summed E-state index contributed by atoms with van der Waals surface area (Å²) in [5.74, 6) is 0.342. The van der Waals surface area contributed by atoms with Gasteiger partial charge in [0.25, 0.3) is 0 Å². The SMILES string of the molecule is CC1(C)Cc2nc(-c3cnccn3)ncc2C(NC(=O)C2CC(=O)N(C3CC3)C2)C1. The predicted octanol–water partition coefficient (Wildman–Crippen LogP) is 2.07. The largest absolute Gasteiger partial charge is 0.349 e. The average molecular weight is 406 g/mol. The number of carbonyl (C=O) groups excluding carboxylic acids is 2. The number of nitrogens with zero attached hydrogens (tertiary/aromatic N) is 5. The Balaban J connectivity index is 1.37. The van der Waals surface area contributed by atoms with Gasteiger partial charge in [0.05, 0.1) is 23.9 Å². The van der Waals surface area contributed by atoms with Crippen LogP contribution in [0.3, 0.4) is 0 Å². The molecule has 0 bridgehead atoms. The molecule has 156 valence electrons. The molecule has 1 saturated carbocycles. The molecular weight excluding hydrogens is 380 g/mol. The summed E-state index contributed by atoms with van der Waals surface area (Å²) in [6.07, 6.45) is 10.8. The first-order valence-electron chi connectivity index (χ1n) is 10.6. The first-order chi connectivity index (χ1) is 14.4. The molecule has 1 saturated heterocycles. The summed E-state index contributed by atoms with van der Waals surface area (Å²) >= 11 is 0. The van der Waals surface area contributed by atoms with Crippen molar-refractivity contribution < 1.29 is 9.59 Å². The van der Waals surface area contributed by atoms with E-state index < -0.39 is 0 Å². The summed E-state index contributed by atoms with van der Waals surface area (Å²) in [5.41, 5.74) is 2.52. The number of nitrogens with one attached hydrogen (secondary N) is 1. The number of aromatic nitrogens is 4.